The fourth-order valence-electron chi connectivity index (χ4n) is 3.82. The summed E-state index contributed by atoms with van der Waals surface area (Å²) in [6.45, 7) is 0.363. The number of rotatable bonds is 6. The molecule has 8 heteroatoms. The van der Waals surface area contributed by atoms with Crippen molar-refractivity contribution < 1.29 is 22.7 Å². The van der Waals surface area contributed by atoms with Crippen molar-refractivity contribution >= 4 is 21.6 Å². The van der Waals surface area contributed by atoms with Crippen LogP contribution in [0.5, 0.6) is 11.5 Å². The number of nitrogens with zero attached hydrogens (tertiary/aromatic N) is 1. The van der Waals surface area contributed by atoms with Gasteiger partial charge >= 0.3 is 0 Å². The van der Waals surface area contributed by atoms with Gasteiger partial charge < -0.3 is 14.8 Å². The molecule has 2 aromatic rings. The number of fused-ring (bicyclic) bond motifs is 1. The summed E-state index contributed by atoms with van der Waals surface area (Å²) in [5, 5.41) is 2.91. The van der Waals surface area contributed by atoms with E-state index >= 15 is 0 Å². The van der Waals surface area contributed by atoms with Crippen LogP contribution in [0.25, 0.3) is 0 Å². The van der Waals surface area contributed by atoms with Crippen LogP contribution in [0.2, 0.25) is 0 Å². The predicted octanol–water partition coefficient (Wildman–Crippen LogP) is 3.27. The first kappa shape index (κ1) is 21.2. The smallest absolute Gasteiger partial charge is 0.264 e. The summed E-state index contributed by atoms with van der Waals surface area (Å²) < 4.78 is 39.1. The number of benzene rings is 2. The molecule has 1 aliphatic carbocycles. The number of carbonyl (C=O) groups excluding carboxylic acids is 1. The number of hydrogen-bond donors (Lipinski definition) is 1. The first-order valence-electron chi connectivity index (χ1n) is 10.4. The van der Waals surface area contributed by atoms with Gasteiger partial charge in [-0.15, -0.1) is 0 Å². The molecule has 0 bridgehead atoms. The molecule has 164 valence electrons. The van der Waals surface area contributed by atoms with E-state index in [2.05, 4.69) is 11.4 Å². The van der Waals surface area contributed by atoms with Gasteiger partial charge in [0, 0.05) is 6.54 Å². The van der Waals surface area contributed by atoms with Gasteiger partial charge in [0.15, 0.2) is 6.10 Å². The van der Waals surface area contributed by atoms with Crippen molar-refractivity contribution in [1.82, 2.24) is 5.32 Å². The number of methoxy groups -OCH3 is 1. The zero-order chi connectivity index (χ0) is 21.8. The Balaban J connectivity index is 1.58. The summed E-state index contributed by atoms with van der Waals surface area (Å²) in [5.74, 6) is 0.606. The second-order valence-electron chi connectivity index (χ2n) is 7.61. The van der Waals surface area contributed by atoms with Crippen molar-refractivity contribution in [1.29, 1.82) is 0 Å². The fraction of sp³-hybridized carbons (Fsp3) is 0.348. The third-order valence-electron chi connectivity index (χ3n) is 5.55. The van der Waals surface area contributed by atoms with Gasteiger partial charge in [-0.1, -0.05) is 23.8 Å². The largest absolute Gasteiger partial charge is 0.497 e. The van der Waals surface area contributed by atoms with Crippen LogP contribution in [0.4, 0.5) is 5.69 Å². The molecule has 1 N–H and O–H groups in total. The molecule has 4 rings (SSSR count). The summed E-state index contributed by atoms with van der Waals surface area (Å²) >= 11 is 0. The number of allylic oxidation sites excluding steroid dienone is 1. The van der Waals surface area contributed by atoms with Crippen LogP contribution in [0.1, 0.15) is 25.7 Å². The minimum absolute atomic E-state index is 0.101. The van der Waals surface area contributed by atoms with E-state index in [0.29, 0.717) is 23.7 Å². The molecule has 7 nitrogen and oxygen atoms in total. The monoisotopic (exact) mass is 442 g/mol. The zero-order valence-electron chi connectivity index (χ0n) is 17.4. The lowest BCUT2D eigenvalue weighted by atomic mass is 10.00. The number of sulfonamides is 1. The van der Waals surface area contributed by atoms with Crippen LogP contribution >= 0.6 is 0 Å². The number of carbonyl (C=O) groups is 1. The lowest BCUT2D eigenvalue weighted by Gasteiger charge is -2.34. The second-order valence-corrected chi connectivity index (χ2v) is 9.47. The molecule has 2 aromatic carbocycles. The Bertz CT molecular complexity index is 1080. The van der Waals surface area contributed by atoms with E-state index in [9.17, 15) is 13.2 Å². The zero-order valence-corrected chi connectivity index (χ0v) is 18.2. The van der Waals surface area contributed by atoms with Crippen molar-refractivity contribution in [2.75, 3.05) is 24.5 Å². The Hall–Kier alpha value is -3.00. The fourth-order valence-corrected chi connectivity index (χ4v) is 5.30. The molecule has 0 fully saturated rings. The van der Waals surface area contributed by atoms with E-state index in [0.717, 1.165) is 19.3 Å². The Morgan fingerprint density at radius 3 is 2.65 bits per heavy atom. The molecule has 1 heterocycles. The van der Waals surface area contributed by atoms with Crippen LogP contribution in [0.15, 0.2) is 65.1 Å². The van der Waals surface area contributed by atoms with E-state index in [-0.39, 0.29) is 17.3 Å². The highest BCUT2D eigenvalue weighted by Crippen LogP contribution is 2.37. The predicted molar refractivity (Wildman–Crippen MR) is 118 cm³/mol. The van der Waals surface area contributed by atoms with Gasteiger partial charge in [0.25, 0.3) is 15.9 Å². The second kappa shape index (κ2) is 9.01. The van der Waals surface area contributed by atoms with Crippen LogP contribution in [-0.4, -0.2) is 40.6 Å². The van der Waals surface area contributed by atoms with Gasteiger partial charge in [-0.05, 0) is 62.1 Å². The first-order chi connectivity index (χ1) is 15.0. The third-order valence-corrected chi connectivity index (χ3v) is 7.34. The van der Waals surface area contributed by atoms with E-state index in [1.165, 1.54) is 35.5 Å². The number of anilines is 1. The Morgan fingerprint density at radius 1 is 1.16 bits per heavy atom. The molecule has 1 atom stereocenters. The van der Waals surface area contributed by atoms with Crippen LogP contribution in [0.3, 0.4) is 0 Å². The average Bonchev–Trinajstić information content (AvgIpc) is 2.82. The van der Waals surface area contributed by atoms with E-state index in [4.69, 9.17) is 9.47 Å². The topological polar surface area (TPSA) is 84.9 Å². The highest BCUT2D eigenvalue weighted by atomic mass is 32.2. The average molecular weight is 443 g/mol. The molecule has 1 aliphatic heterocycles. The van der Waals surface area contributed by atoms with Gasteiger partial charge in [0.05, 0.1) is 24.2 Å². The molecule has 0 aromatic heterocycles. The molecular weight excluding hydrogens is 416 g/mol. The van der Waals surface area contributed by atoms with Gasteiger partial charge in [-0.25, -0.2) is 8.42 Å². The molecule has 0 radical (unpaired) electrons. The highest BCUT2D eigenvalue weighted by molar-refractivity contribution is 7.92. The number of hydrogen-bond acceptors (Lipinski definition) is 5. The SMILES string of the molecule is COc1ccc(S(=O)(=O)N2C[C@@H](C(=O)NCC3=CCCCC3)Oc3ccccc32)cc1. The summed E-state index contributed by atoms with van der Waals surface area (Å²) in [6, 6.07) is 13.0. The third kappa shape index (κ3) is 4.54. The summed E-state index contributed by atoms with van der Waals surface area (Å²) in [4.78, 5) is 13.0. The van der Waals surface area contributed by atoms with Gasteiger partial charge in [-0.2, -0.15) is 0 Å². The quantitative estimate of drug-likeness (QED) is 0.694. The molecule has 0 saturated carbocycles. The minimum Gasteiger partial charge on any atom is -0.497 e. The van der Waals surface area contributed by atoms with Crippen LogP contribution in [-0.2, 0) is 14.8 Å². The van der Waals surface area contributed by atoms with Crippen molar-refractivity contribution in [3.63, 3.8) is 0 Å². The molecule has 0 spiro atoms. The molecular formula is C23H26N2O5S. The maximum Gasteiger partial charge on any atom is 0.264 e. The Morgan fingerprint density at radius 2 is 1.94 bits per heavy atom. The minimum atomic E-state index is -3.90. The summed E-state index contributed by atoms with van der Waals surface area (Å²) in [6.07, 6.45) is 5.55. The lowest BCUT2D eigenvalue weighted by molar-refractivity contribution is -0.127. The van der Waals surface area contributed by atoms with Crippen molar-refractivity contribution in [2.45, 2.75) is 36.7 Å². The van der Waals surface area contributed by atoms with Crippen molar-refractivity contribution in [3.8, 4) is 11.5 Å². The summed E-state index contributed by atoms with van der Waals surface area (Å²) in [5.41, 5.74) is 1.62. The number of nitrogens with one attached hydrogen (secondary N) is 1. The first-order valence-corrected chi connectivity index (χ1v) is 11.8. The maximum absolute atomic E-state index is 13.4. The molecule has 0 unspecified atom stereocenters. The number of para-hydroxylation sites is 2. The van der Waals surface area contributed by atoms with Gasteiger partial charge in [0.1, 0.15) is 11.5 Å². The van der Waals surface area contributed by atoms with Crippen LogP contribution < -0.4 is 19.1 Å². The molecule has 1 amide bonds. The van der Waals surface area contributed by atoms with E-state index in [1.807, 2.05) is 0 Å². The standard InChI is InChI=1S/C23H26N2O5S/c1-29-18-11-13-19(14-12-18)31(27,28)25-16-22(30-21-10-6-5-9-20(21)25)23(26)24-15-17-7-3-2-4-8-17/h5-7,9-14,22H,2-4,8,15-16H2,1H3,(H,24,26)/t22-/m0/s1. The normalized spacial score (nSPS) is 18.4. The molecule has 2 aliphatic rings. The maximum atomic E-state index is 13.4. The van der Waals surface area contributed by atoms with Gasteiger partial charge in [-0.3, -0.25) is 9.10 Å². The van der Waals surface area contributed by atoms with Crippen LogP contribution in [0, 0.1) is 0 Å². The van der Waals surface area contributed by atoms with Gasteiger partial charge in [0.2, 0.25) is 0 Å². The van der Waals surface area contributed by atoms with E-state index < -0.39 is 16.1 Å². The Labute approximate surface area is 182 Å². The Kier molecular flexibility index (Phi) is 6.18. The molecule has 31 heavy (non-hydrogen) atoms. The molecule has 0 saturated heterocycles. The lowest BCUT2D eigenvalue weighted by Crippen LogP contribution is -2.51. The number of amides is 1. The highest BCUT2D eigenvalue weighted by Gasteiger charge is 2.37. The van der Waals surface area contributed by atoms with E-state index in [1.54, 1.807) is 36.4 Å². The number of ether oxygens (including phenoxy) is 2. The summed E-state index contributed by atoms with van der Waals surface area (Å²) in [7, 11) is -2.37. The van der Waals surface area contributed by atoms with Crippen molar-refractivity contribution in [2.24, 2.45) is 0 Å². The van der Waals surface area contributed by atoms with Crippen molar-refractivity contribution in [3.05, 3.63) is 60.2 Å².